The second kappa shape index (κ2) is 7.14. The zero-order valence-electron chi connectivity index (χ0n) is 17.2. The molecule has 0 spiro atoms. The lowest BCUT2D eigenvalue weighted by atomic mass is 9.99. The van der Waals surface area contributed by atoms with E-state index in [1.165, 1.54) is 0 Å². The summed E-state index contributed by atoms with van der Waals surface area (Å²) >= 11 is 0. The van der Waals surface area contributed by atoms with E-state index in [2.05, 4.69) is 31.1 Å². The molecule has 0 radical (unpaired) electrons. The Kier molecular flexibility index (Phi) is 5.05. The van der Waals surface area contributed by atoms with E-state index < -0.39 is 0 Å². The SMILES string of the molecule is Cc1cc(C)c2nc(-c3cnn(C(C)C)c3)cc(C(=O)N(C)C(C)C)c2c1. The van der Waals surface area contributed by atoms with Gasteiger partial charge in [0, 0.05) is 36.3 Å². The summed E-state index contributed by atoms with van der Waals surface area (Å²) in [5.74, 6) is 0.0138. The van der Waals surface area contributed by atoms with Crippen molar-refractivity contribution in [1.29, 1.82) is 0 Å². The van der Waals surface area contributed by atoms with Gasteiger partial charge in [0.2, 0.25) is 0 Å². The summed E-state index contributed by atoms with van der Waals surface area (Å²) in [6.07, 6.45) is 3.81. The Bertz CT molecular complexity index is 1000. The standard InChI is InChI=1S/C22H28N4O/c1-13(2)25(7)22(27)19-10-20(17-11-23-26(12-17)14(3)4)24-21-16(6)8-15(5)9-18(19)21/h8-14H,1-7H3. The van der Waals surface area contributed by atoms with E-state index in [1.807, 2.05) is 57.9 Å². The Hall–Kier alpha value is -2.69. The number of carbonyl (C=O) groups is 1. The second-order valence-electron chi connectivity index (χ2n) is 7.85. The normalized spacial score (nSPS) is 11.6. The minimum atomic E-state index is 0.0138. The lowest BCUT2D eigenvalue weighted by Crippen LogP contribution is -2.33. The van der Waals surface area contributed by atoms with Crippen LogP contribution in [0.5, 0.6) is 0 Å². The van der Waals surface area contributed by atoms with Gasteiger partial charge in [0.15, 0.2) is 0 Å². The second-order valence-corrected chi connectivity index (χ2v) is 7.85. The average molecular weight is 364 g/mol. The van der Waals surface area contributed by atoms with Gasteiger partial charge < -0.3 is 4.90 Å². The van der Waals surface area contributed by atoms with Crippen LogP contribution < -0.4 is 0 Å². The highest BCUT2D eigenvalue weighted by atomic mass is 16.2. The van der Waals surface area contributed by atoms with Gasteiger partial charge in [-0.2, -0.15) is 5.10 Å². The fourth-order valence-electron chi connectivity index (χ4n) is 3.18. The molecule has 142 valence electrons. The fraction of sp³-hybridized carbons (Fsp3) is 0.409. The Morgan fingerprint density at radius 1 is 1.11 bits per heavy atom. The van der Waals surface area contributed by atoms with Crippen LogP contribution in [-0.2, 0) is 0 Å². The van der Waals surface area contributed by atoms with Gasteiger partial charge in [-0.3, -0.25) is 9.48 Å². The van der Waals surface area contributed by atoms with Crippen LogP contribution in [0.25, 0.3) is 22.2 Å². The fourth-order valence-corrected chi connectivity index (χ4v) is 3.18. The largest absolute Gasteiger partial charge is 0.339 e. The number of pyridine rings is 1. The third-order valence-corrected chi connectivity index (χ3v) is 5.00. The van der Waals surface area contributed by atoms with Crippen LogP contribution in [0.4, 0.5) is 0 Å². The lowest BCUT2D eigenvalue weighted by Gasteiger charge is -2.23. The average Bonchev–Trinajstić information content (AvgIpc) is 3.10. The highest BCUT2D eigenvalue weighted by molar-refractivity contribution is 6.08. The van der Waals surface area contributed by atoms with E-state index in [1.54, 1.807) is 4.90 Å². The van der Waals surface area contributed by atoms with Crippen molar-refractivity contribution in [3.05, 3.63) is 47.3 Å². The molecule has 5 heteroatoms. The summed E-state index contributed by atoms with van der Waals surface area (Å²) in [6.45, 7) is 12.3. The van der Waals surface area contributed by atoms with E-state index in [0.717, 1.165) is 33.3 Å². The van der Waals surface area contributed by atoms with Gasteiger partial charge in [0.25, 0.3) is 5.91 Å². The Balaban J connectivity index is 2.26. The zero-order chi connectivity index (χ0) is 19.9. The number of hydrogen-bond donors (Lipinski definition) is 0. The van der Waals surface area contributed by atoms with Gasteiger partial charge in [-0.15, -0.1) is 0 Å². The molecule has 2 heterocycles. The van der Waals surface area contributed by atoms with Gasteiger partial charge in [-0.1, -0.05) is 11.6 Å². The van der Waals surface area contributed by atoms with Crippen LogP contribution in [0, 0.1) is 13.8 Å². The number of aryl methyl sites for hydroxylation is 2. The van der Waals surface area contributed by atoms with Crippen LogP contribution in [0.2, 0.25) is 0 Å². The van der Waals surface area contributed by atoms with E-state index in [9.17, 15) is 4.79 Å². The van der Waals surface area contributed by atoms with Gasteiger partial charge >= 0.3 is 0 Å². The molecule has 3 aromatic rings. The molecular weight excluding hydrogens is 336 g/mol. The number of hydrogen-bond acceptors (Lipinski definition) is 3. The van der Waals surface area contributed by atoms with Crippen LogP contribution in [0.1, 0.15) is 55.2 Å². The predicted molar refractivity (Wildman–Crippen MR) is 110 cm³/mol. The smallest absolute Gasteiger partial charge is 0.254 e. The van der Waals surface area contributed by atoms with Crippen molar-refractivity contribution in [3.63, 3.8) is 0 Å². The molecule has 0 bridgehead atoms. The summed E-state index contributed by atoms with van der Waals surface area (Å²) < 4.78 is 1.91. The molecule has 0 aliphatic rings. The number of rotatable bonds is 4. The van der Waals surface area contributed by atoms with Crippen molar-refractivity contribution in [2.75, 3.05) is 7.05 Å². The molecule has 0 N–H and O–H groups in total. The molecule has 0 saturated heterocycles. The highest BCUT2D eigenvalue weighted by Gasteiger charge is 2.20. The summed E-state index contributed by atoms with van der Waals surface area (Å²) in [5, 5.41) is 5.34. The van der Waals surface area contributed by atoms with Crippen molar-refractivity contribution in [2.24, 2.45) is 0 Å². The molecule has 0 fully saturated rings. The van der Waals surface area contributed by atoms with Gasteiger partial charge in [-0.05, 0) is 59.2 Å². The first kappa shape index (κ1) is 19.1. The Labute approximate surface area is 161 Å². The molecule has 1 amide bonds. The minimum absolute atomic E-state index is 0.0138. The van der Waals surface area contributed by atoms with Crippen molar-refractivity contribution < 1.29 is 4.79 Å². The van der Waals surface area contributed by atoms with Crippen LogP contribution in [0.15, 0.2) is 30.6 Å². The minimum Gasteiger partial charge on any atom is -0.339 e. The first-order valence-corrected chi connectivity index (χ1v) is 9.42. The predicted octanol–water partition coefficient (Wildman–Crippen LogP) is 4.78. The molecule has 0 aliphatic heterocycles. The number of aromatic nitrogens is 3. The van der Waals surface area contributed by atoms with E-state index in [4.69, 9.17) is 4.98 Å². The van der Waals surface area contributed by atoms with E-state index in [0.29, 0.717) is 5.56 Å². The first-order valence-electron chi connectivity index (χ1n) is 9.42. The van der Waals surface area contributed by atoms with Crippen LogP contribution in [0.3, 0.4) is 0 Å². The molecular formula is C22H28N4O. The van der Waals surface area contributed by atoms with Crippen molar-refractivity contribution in [3.8, 4) is 11.3 Å². The van der Waals surface area contributed by atoms with Gasteiger partial charge in [0.1, 0.15) is 0 Å². The molecule has 0 atom stereocenters. The molecule has 0 saturated carbocycles. The Morgan fingerprint density at radius 3 is 2.41 bits per heavy atom. The summed E-state index contributed by atoms with van der Waals surface area (Å²) in [4.78, 5) is 19.9. The maximum absolute atomic E-state index is 13.2. The number of nitrogens with zero attached hydrogens (tertiary/aromatic N) is 4. The zero-order valence-corrected chi connectivity index (χ0v) is 17.2. The topological polar surface area (TPSA) is 51.0 Å². The van der Waals surface area contributed by atoms with Gasteiger partial charge in [0.05, 0.1) is 23.0 Å². The van der Waals surface area contributed by atoms with Crippen molar-refractivity contribution >= 4 is 16.8 Å². The summed E-state index contributed by atoms with van der Waals surface area (Å²) in [7, 11) is 1.85. The highest BCUT2D eigenvalue weighted by Crippen LogP contribution is 2.29. The molecule has 0 unspecified atom stereocenters. The molecule has 2 aromatic heterocycles. The molecule has 5 nitrogen and oxygen atoms in total. The quantitative estimate of drug-likeness (QED) is 0.670. The molecule has 1 aromatic carbocycles. The lowest BCUT2D eigenvalue weighted by molar-refractivity contribution is 0.0757. The van der Waals surface area contributed by atoms with Crippen molar-refractivity contribution in [1.82, 2.24) is 19.7 Å². The summed E-state index contributed by atoms with van der Waals surface area (Å²) in [6, 6.07) is 6.47. The number of benzene rings is 1. The van der Waals surface area contributed by atoms with Crippen LogP contribution in [-0.4, -0.2) is 38.7 Å². The summed E-state index contributed by atoms with van der Waals surface area (Å²) in [5.41, 5.74) is 5.47. The molecule has 0 aliphatic carbocycles. The van der Waals surface area contributed by atoms with Gasteiger partial charge in [-0.25, -0.2) is 4.98 Å². The van der Waals surface area contributed by atoms with E-state index in [-0.39, 0.29) is 18.0 Å². The number of fused-ring (bicyclic) bond motifs is 1. The third-order valence-electron chi connectivity index (χ3n) is 5.00. The third kappa shape index (κ3) is 3.59. The molecule has 3 rings (SSSR count). The van der Waals surface area contributed by atoms with E-state index >= 15 is 0 Å². The first-order chi connectivity index (χ1) is 12.7. The monoisotopic (exact) mass is 364 g/mol. The maximum Gasteiger partial charge on any atom is 0.254 e. The molecule has 27 heavy (non-hydrogen) atoms. The van der Waals surface area contributed by atoms with Crippen molar-refractivity contribution in [2.45, 2.75) is 53.6 Å². The Morgan fingerprint density at radius 2 is 1.81 bits per heavy atom. The number of amides is 1. The van der Waals surface area contributed by atoms with Crippen LogP contribution >= 0.6 is 0 Å². The maximum atomic E-state index is 13.2. The number of carbonyl (C=O) groups excluding carboxylic acids is 1.